The highest BCUT2D eigenvalue weighted by Crippen LogP contribution is 2.41. The van der Waals surface area contributed by atoms with E-state index in [0.29, 0.717) is 12.4 Å². The molecule has 1 aliphatic rings. The van der Waals surface area contributed by atoms with Crippen LogP contribution in [0.5, 0.6) is 0 Å². The fourth-order valence-corrected chi connectivity index (χ4v) is 2.40. The molecule has 0 unspecified atom stereocenters. The van der Waals surface area contributed by atoms with Gasteiger partial charge in [0.1, 0.15) is 0 Å². The average Bonchev–Trinajstić information content (AvgIpc) is 2.97. The number of amides is 1. The van der Waals surface area contributed by atoms with E-state index in [1.54, 1.807) is 0 Å². The van der Waals surface area contributed by atoms with E-state index >= 15 is 0 Å². The first-order valence-electron chi connectivity index (χ1n) is 5.77. The maximum absolute atomic E-state index is 12.1. The lowest BCUT2D eigenvalue weighted by molar-refractivity contribution is -0.131. The normalized spacial score (nSPS) is 18.6. The number of rotatable bonds is 4. The molecule has 2 N–H and O–H groups in total. The van der Waals surface area contributed by atoms with Gasteiger partial charge in [-0.15, -0.1) is 10.2 Å². The van der Waals surface area contributed by atoms with Crippen molar-refractivity contribution in [1.29, 1.82) is 0 Å². The number of aromatic amines is 1. The van der Waals surface area contributed by atoms with Gasteiger partial charge >= 0.3 is 0 Å². The Balaban J connectivity index is 1.91. The van der Waals surface area contributed by atoms with E-state index in [1.165, 1.54) is 0 Å². The Morgan fingerprint density at radius 3 is 2.81 bits per heavy atom. The van der Waals surface area contributed by atoms with Crippen LogP contribution in [-0.2, 0) is 11.3 Å². The predicted molar refractivity (Wildman–Crippen MR) is 57.2 cm³/mol. The Morgan fingerprint density at radius 2 is 2.25 bits per heavy atom. The van der Waals surface area contributed by atoms with E-state index in [-0.39, 0.29) is 11.3 Å². The minimum absolute atomic E-state index is 0.136. The van der Waals surface area contributed by atoms with E-state index < -0.39 is 0 Å². The third-order valence-electron chi connectivity index (χ3n) is 3.52. The van der Waals surface area contributed by atoms with Gasteiger partial charge in [-0.25, -0.2) is 0 Å². The number of H-pyrrole nitrogens is 1. The summed E-state index contributed by atoms with van der Waals surface area (Å²) in [6.07, 6.45) is 5.22. The van der Waals surface area contributed by atoms with Crippen molar-refractivity contribution >= 4 is 5.91 Å². The van der Waals surface area contributed by atoms with E-state index in [2.05, 4.69) is 32.9 Å². The fraction of sp³-hybridized carbons (Fsp3) is 0.800. The predicted octanol–water partition coefficient (Wildman–Crippen LogP) is 0.786. The molecule has 1 amide bonds. The zero-order valence-corrected chi connectivity index (χ0v) is 9.49. The lowest BCUT2D eigenvalue weighted by Crippen LogP contribution is -2.38. The van der Waals surface area contributed by atoms with Crippen LogP contribution in [0.25, 0.3) is 0 Å². The van der Waals surface area contributed by atoms with Gasteiger partial charge in [-0.05, 0) is 19.3 Å². The molecule has 0 bridgehead atoms. The van der Waals surface area contributed by atoms with Crippen LogP contribution >= 0.6 is 0 Å². The van der Waals surface area contributed by atoms with Crippen LogP contribution in [0.15, 0.2) is 0 Å². The number of nitrogens with one attached hydrogen (secondary N) is 2. The molecule has 88 valence electrons. The lowest BCUT2D eigenvalue weighted by atomic mass is 9.82. The van der Waals surface area contributed by atoms with Gasteiger partial charge in [0.25, 0.3) is 0 Å². The summed E-state index contributed by atoms with van der Waals surface area (Å²) in [5, 5.41) is 16.3. The van der Waals surface area contributed by atoms with Crippen molar-refractivity contribution in [2.75, 3.05) is 0 Å². The first-order chi connectivity index (χ1) is 7.77. The van der Waals surface area contributed by atoms with Gasteiger partial charge < -0.3 is 5.32 Å². The summed E-state index contributed by atoms with van der Waals surface area (Å²) < 4.78 is 0. The molecule has 0 radical (unpaired) electrons. The standard InChI is InChI=1S/C10H17N5O/c1-2-10(5-3-4-6-10)9(16)11-7-8-12-14-15-13-8/h2-7H2,1H3,(H,11,16)(H,12,13,14,15). The highest BCUT2D eigenvalue weighted by atomic mass is 16.2. The van der Waals surface area contributed by atoms with Gasteiger partial charge in [-0.1, -0.05) is 25.0 Å². The number of hydrogen-bond acceptors (Lipinski definition) is 4. The molecule has 0 aromatic carbocycles. The topological polar surface area (TPSA) is 83.6 Å². The zero-order valence-electron chi connectivity index (χ0n) is 9.49. The second-order valence-electron chi connectivity index (χ2n) is 4.35. The summed E-state index contributed by atoms with van der Waals surface area (Å²) in [6, 6.07) is 0. The molecular formula is C10H17N5O. The van der Waals surface area contributed by atoms with Crippen LogP contribution in [0, 0.1) is 5.41 Å². The fourth-order valence-electron chi connectivity index (χ4n) is 2.40. The highest BCUT2D eigenvalue weighted by Gasteiger charge is 2.39. The van der Waals surface area contributed by atoms with Crippen molar-refractivity contribution in [3.63, 3.8) is 0 Å². The summed E-state index contributed by atoms with van der Waals surface area (Å²) in [7, 11) is 0. The molecule has 0 atom stereocenters. The Hall–Kier alpha value is -1.46. The summed E-state index contributed by atoms with van der Waals surface area (Å²) in [6.45, 7) is 2.44. The van der Waals surface area contributed by atoms with Crippen molar-refractivity contribution in [3.8, 4) is 0 Å². The highest BCUT2D eigenvalue weighted by molar-refractivity contribution is 5.82. The smallest absolute Gasteiger partial charge is 0.226 e. The third-order valence-corrected chi connectivity index (χ3v) is 3.52. The maximum Gasteiger partial charge on any atom is 0.226 e. The van der Waals surface area contributed by atoms with E-state index in [1.807, 2.05) is 0 Å². The van der Waals surface area contributed by atoms with Crippen LogP contribution in [0.2, 0.25) is 0 Å². The van der Waals surface area contributed by atoms with Crippen molar-refractivity contribution in [2.24, 2.45) is 5.41 Å². The molecule has 1 heterocycles. The summed E-state index contributed by atoms with van der Waals surface area (Å²) >= 11 is 0. The van der Waals surface area contributed by atoms with Gasteiger partial charge in [0.05, 0.1) is 6.54 Å². The van der Waals surface area contributed by atoms with Gasteiger partial charge in [-0.2, -0.15) is 5.21 Å². The molecular weight excluding hydrogens is 206 g/mol. The molecule has 0 saturated heterocycles. The molecule has 0 aliphatic heterocycles. The van der Waals surface area contributed by atoms with Gasteiger partial charge in [0.15, 0.2) is 5.82 Å². The van der Waals surface area contributed by atoms with E-state index in [9.17, 15) is 4.79 Å². The van der Waals surface area contributed by atoms with Crippen LogP contribution in [0.3, 0.4) is 0 Å². The van der Waals surface area contributed by atoms with Gasteiger partial charge in [0, 0.05) is 5.41 Å². The Bertz CT molecular complexity index is 342. The number of tetrazole rings is 1. The minimum atomic E-state index is -0.149. The maximum atomic E-state index is 12.1. The molecule has 6 nitrogen and oxygen atoms in total. The van der Waals surface area contributed by atoms with E-state index in [4.69, 9.17) is 0 Å². The number of carbonyl (C=O) groups excluding carboxylic acids is 1. The van der Waals surface area contributed by atoms with Gasteiger partial charge in [0.2, 0.25) is 5.91 Å². The molecule has 0 spiro atoms. The first kappa shape index (κ1) is 11.0. The first-order valence-corrected chi connectivity index (χ1v) is 5.77. The zero-order chi connectivity index (χ0) is 11.4. The molecule has 1 aromatic rings. The molecule has 1 aromatic heterocycles. The van der Waals surface area contributed by atoms with Crippen LogP contribution < -0.4 is 5.32 Å². The van der Waals surface area contributed by atoms with Crippen molar-refractivity contribution in [1.82, 2.24) is 25.9 Å². The van der Waals surface area contributed by atoms with Crippen LogP contribution in [0.1, 0.15) is 44.9 Å². The number of aromatic nitrogens is 4. The summed E-state index contributed by atoms with van der Waals surface area (Å²) in [4.78, 5) is 12.1. The second-order valence-corrected chi connectivity index (χ2v) is 4.35. The number of carbonyl (C=O) groups is 1. The second kappa shape index (κ2) is 4.59. The Morgan fingerprint density at radius 1 is 1.50 bits per heavy atom. The SMILES string of the molecule is CCC1(C(=O)NCc2nn[nH]n2)CCCC1. The average molecular weight is 223 g/mol. The molecule has 1 aliphatic carbocycles. The Kier molecular flexibility index (Phi) is 3.17. The van der Waals surface area contributed by atoms with Crippen molar-refractivity contribution in [3.05, 3.63) is 5.82 Å². The van der Waals surface area contributed by atoms with Crippen molar-refractivity contribution < 1.29 is 4.79 Å². The molecule has 1 saturated carbocycles. The molecule has 1 fully saturated rings. The minimum Gasteiger partial charge on any atom is -0.348 e. The summed E-state index contributed by atoms with van der Waals surface area (Å²) in [5.41, 5.74) is -0.149. The third kappa shape index (κ3) is 2.05. The quantitative estimate of drug-likeness (QED) is 0.790. The monoisotopic (exact) mass is 223 g/mol. The van der Waals surface area contributed by atoms with Gasteiger partial charge in [-0.3, -0.25) is 4.79 Å². The summed E-state index contributed by atoms with van der Waals surface area (Å²) in [5.74, 6) is 0.662. The largest absolute Gasteiger partial charge is 0.348 e. The van der Waals surface area contributed by atoms with Crippen LogP contribution in [-0.4, -0.2) is 26.5 Å². The Labute approximate surface area is 94.2 Å². The lowest BCUT2D eigenvalue weighted by Gasteiger charge is -2.25. The van der Waals surface area contributed by atoms with E-state index in [0.717, 1.165) is 32.1 Å². The molecule has 16 heavy (non-hydrogen) atoms. The number of hydrogen-bond donors (Lipinski definition) is 2. The molecule has 6 heteroatoms. The number of nitrogens with zero attached hydrogens (tertiary/aromatic N) is 3. The van der Waals surface area contributed by atoms with Crippen LogP contribution in [0.4, 0.5) is 0 Å². The van der Waals surface area contributed by atoms with Crippen molar-refractivity contribution in [2.45, 2.75) is 45.6 Å². The molecule has 2 rings (SSSR count).